The molecule has 1 fully saturated rings. The molecule has 3 aromatic rings. The van der Waals surface area contributed by atoms with Crippen molar-refractivity contribution < 1.29 is 22.7 Å². The number of methoxy groups -OCH3 is 1. The number of rotatable bonds is 7. The fourth-order valence-corrected chi connectivity index (χ4v) is 5.28. The summed E-state index contributed by atoms with van der Waals surface area (Å²) in [5, 5.41) is 0. The van der Waals surface area contributed by atoms with E-state index in [-0.39, 0.29) is 47.5 Å². The molecular weight excluding hydrogens is 428 g/mol. The van der Waals surface area contributed by atoms with Crippen LogP contribution < -0.4 is 13.9 Å². The van der Waals surface area contributed by atoms with Crippen molar-refractivity contribution in [1.29, 1.82) is 0 Å². The number of carbonyl (C=O) groups excluding carboxylic acids is 2. The lowest BCUT2D eigenvalue weighted by molar-refractivity contribution is -0.121. The van der Waals surface area contributed by atoms with Gasteiger partial charge in [0.25, 0.3) is 10.0 Å². The normalized spacial score (nSPS) is 14.0. The van der Waals surface area contributed by atoms with Crippen molar-refractivity contribution in [3.63, 3.8) is 0 Å². The van der Waals surface area contributed by atoms with Gasteiger partial charge in [0.05, 0.1) is 25.0 Å². The highest BCUT2D eigenvalue weighted by Crippen LogP contribution is 2.35. The number of para-hydroxylation sites is 1. The van der Waals surface area contributed by atoms with Crippen molar-refractivity contribution in [2.75, 3.05) is 16.3 Å². The summed E-state index contributed by atoms with van der Waals surface area (Å²) in [7, 11) is -2.74. The average Bonchev–Trinajstić information content (AvgIpc) is 3.16. The Morgan fingerprint density at radius 3 is 2.06 bits per heavy atom. The van der Waals surface area contributed by atoms with Crippen molar-refractivity contribution in [2.45, 2.75) is 24.3 Å². The monoisotopic (exact) mass is 450 g/mol. The summed E-state index contributed by atoms with van der Waals surface area (Å²) in [5.74, 6) is -0.581. The maximum absolute atomic E-state index is 13.9. The molecule has 1 aliphatic heterocycles. The number of anilines is 2. The maximum Gasteiger partial charge on any atom is 0.268 e. The number of benzene rings is 3. The van der Waals surface area contributed by atoms with E-state index >= 15 is 0 Å². The van der Waals surface area contributed by atoms with Gasteiger partial charge in [-0.05, 0) is 35.9 Å². The predicted molar refractivity (Wildman–Crippen MR) is 121 cm³/mol. The molecule has 4 rings (SSSR count). The maximum atomic E-state index is 13.9. The summed E-state index contributed by atoms with van der Waals surface area (Å²) in [6.45, 7) is 0.0993. The zero-order chi connectivity index (χ0) is 22.7. The highest BCUT2D eigenvalue weighted by atomic mass is 32.2. The Bertz CT molecular complexity index is 1230. The fraction of sp³-hybridized carbons (Fsp3) is 0.167. The number of ether oxygens (including phenoxy) is 1. The van der Waals surface area contributed by atoms with Crippen LogP contribution in [-0.4, -0.2) is 27.3 Å². The summed E-state index contributed by atoms with van der Waals surface area (Å²) in [4.78, 5) is 25.3. The summed E-state index contributed by atoms with van der Waals surface area (Å²) in [5.41, 5.74) is 1.50. The number of imide groups is 1. The molecule has 0 aromatic heterocycles. The third kappa shape index (κ3) is 4.09. The summed E-state index contributed by atoms with van der Waals surface area (Å²) >= 11 is 0. The first-order chi connectivity index (χ1) is 15.4. The zero-order valence-electron chi connectivity index (χ0n) is 17.5. The highest BCUT2D eigenvalue weighted by molar-refractivity contribution is 7.93. The van der Waals surface area contributed by atoms with Crippen LogP contribution in [-0.2, 0) is 26.2 Å². The lowest BCUT2D eigenvalue weighted by Gasteiger charge is -2.26. The lowest BCUT2D eigenvalue weighted by atomic mass is 10.2. The van der Waals surface area contributed by atoms with Crippen LogP contribution in [0.5, 0.6) is 5.75 Å². The molecule has 164 valence electrons. The Kier molecular flexibility index (Phi) is 5.96. The van der Waals surface area contributed by atoms with E-state index in [1.165, 1.54) is 29.6 Å². The van der Waals surface area contributed by atoms with Gasteiger partial charge in [0.15, 0.2) is 0 Å². The molecule has 0 unspecified atom stereocenters. The van der Waals surface area contributed by atoms with E-state index in [4.69, 9.17) is 4.74 Å². The van der Waals surface area contributed by atoms with E-state index in [9.17, 15) is 18.0 Å². The van der Waals surface area contributed by atoms with Gasteiger partial charge in [0.2, 0.25) is 11.8 Å². The first-order valence-electron chi connectivity index (χ1n) is 10.1. The van der Waals surface area contributed by atoms with Gasteiger partial charge in [-0.25, -0.2) is 8.42 Å². The van der Waals surface area contributed by atoms with Crippen molar-refractivity contribution in [3.05, 3.63) is 84.4 Å². The van der Waals surface area contributed by atoms with Gasteiger partial charge in [-0.15, -0.1) is 0 Å². The van der Waals surface area contributed by atoms with Crippen LogP contribution in [0, 0.1) is 0 Å². The topological polar surface area (TPSA) is 84.0 Å². The Balaban J connectivity index is 1.84. The summed E-state index contributed by atoms with van der Waals surface area (Å²) in [6, 6.07) is 22.3. The Labute approximate surface area is 186 Å². The molecule has 7 nitrogen and oxygen atoms in total. The molecule has 0 N–H and O–H groups in total. The van der Waals surface area contributed by atoms with Gasteiger partial charge in [-0.3, -0.25) is 18.8 Å². The molecule has 32 heavy (non-hydrogen) atoms. The molecule has 8 heteroatoms. The van der Waals surface area contributed by atoms with Crippen LogP contribution in [0.2, 0.25) is 0 Å². The Morgan fingerprint density at radius 1 is 0.875 bits per heavy atom. The third-order valence-electron chi connectivity index (χ3n) is 5.24. The second-order valence-corrected chi connectivity index (χ2v) is 9.12. The van der Waals surface area contributed by atoms with Crippen LogP contribution in [0.15, 0.2) is 83.8 Å². The second-order valence-electron chi connectivity index (χ2n) is 7.29. The van der Waals surface area contributed by atoms with Gasteiger partial charge in [-0.1, -0.05) is 48.5 Å². The lowest BCUT2D eigenvalue weighted by Crippen LogP contribution is -2.32. The van der Waals surface area contributed by atoms with Crippen LogP contribution in [0.25, 0.3) is 0 Å². The van der Waals surface area contributed by atoms with Crippen molar-refractivity contribution in [1.82, 2.24) is 0 Å². The van der Waals surface area contributed by atoms with Gasteiger partial charge in [-0.2, -0.15) is 0 Å². The number of hydrogen-bond acceptors (Lipinski definition) is 5. The van der Waals surface area contributed by atoms with Gasteiger partial charge >= 0.3 is 0 Å². The molecule has 0 atom stereocenters. The largest absolute Gasteiger partial charge is 0.495 e. The summed E-state index contributed by atoms with van der Waals surface area (Å²) < 4.78 is 34.4. The highest BCUT2D eigenvalue weighted by Gasteiger charge is 2.34. The molecule has 1 aliphatic rings. The fourth-order valence-electron chi connectivity index (χ4n) is 3.65. The smallest absolute Gasteiger partial charge is 0.268 e. The molecule has 0 spiro atoms. The molecule has 1 heterocycles. The number of sulfonamides is 1. The van der Waals surface area contributed by atoms with E-state index < -0.39 is 10.0 Å². The molecule has 0 saturated carbocycles. The second kappa shape index (κ2) is 8.84. The molecular formula is C24H22N2O5S. The standard InChI is InChI=1S/C24H22N2O5S/c1-31-21-13-12-20(26-23(27)14-15-24(26)28)16-22(21)32(29,30)25(19-10-6-3-7-11-19)17-18-8-4-2-5-9-18/h2-13,16H,14-15,17H2,1H3. The van der Waals surface area contributed by atoms with Crippen LogP contribution in [0.1, 0.15) is 18.4 Å². The molecule has 1 saturated heterocycles. The van der Waals surface area contributed by atoms with E-state index in [0.29, 0.717) is 5.69 Å². The van der Waals surface area contributed by atoms with Gasteiger partial charge < -0.3 is 4.74 Å². The summed E-state index contributed by atoms with van der Waals surface area (Å²) in [6.07, 6.45) is 0.216. The van der Waals surface area contributed by atoms with Crippen molar-refractivity contribution in [2.24, 2.45) is 0 Å². The first kappa shape index (κ1) is 21.6. The van der Waals surface area contributed by atoms with Gasteiger partial charge in [0.1, 0.15) is 10.6 Å². The van der Waals surface area contributed by atoms with E-state index in [1.54, 1.807) is 24.3 Å². The quantitative estimate of drug-likeness (QED) is 0.512. The van der Waals surface area contributed by atoms with Gasteiger partial charge in [0, 0.05) is 12.8 Å². The molecule has 3 aromatic carbocycles. The minimum absolute atomic E-state index is 0.0993. The predicted octanol–water partition coefficient (Wildman–Crippen LogP) is 3.74. The van der Waals surface area contributed by atoms with Crippen LogP contribution in [0.4, 0.5) is 11.4 Å². The number of carbonyl (C=O) groups is 2. The number of hydrogen-bond donors (Lipinski definition) is 0. The molecule has 2 amide bonds. The van der Waals surface area contributed by atoms with E-state index in [1.807, 2.05) is 36.4 Å². The van der Waals surface area contributed by atoms with Crippen LogP contribution in [0.3, 0.4) is 0 Å². The molecule has 0 bridgehead atoms. The average molecular weight is 451 g/mol. The minimum Gasteiger partial charge on any atom is -0.495 e. The zero-order valence-corrected chi connectivity index (χ0v) is 18.3. The Morgan fingerprint density at radius 2 is 1.47 bits per heavy atom. The molecule has 0 aliphatic carbocycles. The van der Waals surface area contributed by atoms with E-state index in [2.05, 4.69) is 0 Å². The number of nitrogens with zero attached hydrogens (tertiary/aromatic N) is 2. The van der Waals surface area contributed by atoms with Crippen molar-refractivity contribution in [3.8, 4) is 5.75 Å². The van der Waals surface area contributed by atoms with Crippen LogP contribution >= 0.6 is 0 Å². The SMILES string of the molecule is COc1ccc(N2C(=O)CCC2=O)cc1S(=O)(=O)N(Cc1ccccc1)c1ccccc1. The Hall–Kier alpha value is -3.65. The third-order valence-corrected chi connectivity index (χ3v) is 7.03. The first-order valence-corrected chi connectivity index (χ1v) is 11.5. The number of amides is 2. The van der Waals surface area contributed by atoms with E-state index in [0.717, 1.165) is 10.5 Å². The van der Waals surface area contributed by atoms with Crippen molar-refractivity contribution >= 4 is 33.2 Å². The minimum atomic E-state index is -4.12. The molecule has 0 radical (unpaired) electrons.